The van der Waals surface area contributed by atoms with Crippen molar-refractivity contribution in [1.82, 2.24) is 24.1 Å². The molecule has 3 aliphatic rings. The van der Waals surface area contributed by atoms with Crippen LogP contribution in [0.5, 0.6) is 5.75 Å². The predicted octanol–water partition coefficient (Wildman–Crippen LogP) is 0.196. The third-order valence-corrected chi connectivity index (χ3v) is 12.2. The van der Waals surface area contributed by atoms with Crippen molar-refractivity contribution >= 4 is 17.3 Å². The van der Waals surface area contributed by atoms with Gasteiger partial charge in [0.05, 0.1) is 37.0 Å². The fourth-order valence-electron chi connectivity index (χ4n) is 8.78. The molecule has 3 aliphatic heterocycles. The van der Waals surface area contributed by atoms with Crippen molar-refractivity contribution in [3.8, 4) is 11.4 Å². The summed E-state index contributed by atoms with van der Waals surface area (Å²) >= 11 is 0. The number of carboxylic acid groups (broad SMARTS) is 1. The second-order valence-corrected chi connectivity index (χ2v) is 16.4. The molecule has 63 heavy (non-hydrogen) atoms. The lowest BCUT2D eigenvalue weighted by atomic mass is 9.87. The third kappa shape index (κ3) is 8.91. The van der Waals surface area contributed by atoms with Crippen molar-refractivity contribution in [1.29, 1.82) is 0 Å². The lowest BCUT2D eigenvalue weighted by Crippen LogP contribution is -2.64. The first-order chi connectivity index (χ1) is 30.2. The van der Waals surface area contributed by atoms with Crippen LogP contribution >= 0.6 is 0 Å². The van der Waals surface area contributed by atoms with Gasteiger partial charge in [0.2, 0.25) is 12.6 Å². The van der Waals surface area contributed by atoms with E-state index in [4.69, 9.17) is 14.2 Å². The largest absolute Gasteiger partial charge is 0.547 e. The smallest absolute Gasteiger partial charge is 0.350 e. The number of aromatic nitrogens is 6. The van der Waals surface area contributed by atoms with Gasteiger partial charge in [0.1, 0.15) is 60.3 Å². The molecule has 2 aromatic heterocycles. The van der Waals surface area contributed by atoms with Gasteiger partial charge in [0, 0.05) is 60.2 Å². The van der Waals surface area contributed by atoms with Crippen molar-refractivity contribution in [2.45, 2.75) is 81.6 Å². The SMILES string of the molecule is CC[C@@H]([C@H](C)O)n1ncn(-c2ccc(N3CCN(c4ccc(OC[C@@H]5CO[C@@](Cn6c[n+]([C@@H]7O[C@H](C(=O)[O-])[C@@H](O)[C@H](O)[C@H]7O)cn6)(c6ccc(F)cc6F)C5)cc4)CC3)cc2)c1=O. The Balaban J connectivity index is 0.871. The Morgan fingerprint density at radius 2 is 1.60 bits per heavy atom. The molecular formula is C43H50F2N8O10. The van der Waals surface area contributed by atoms with Crippen molar-refractivity contribution in [2.24, 2.45) is 5.92 Å². The van der Waals surface area contributed by atoms with Gasteiger partial charge in [-0.1, -0.05) is 13.0 Å². The number of aliphatic hydroxyl groups excluding tert-OH is 4. The van der Waals surface area contributed by atoms with Gasteiger partial charge < -0.3 is 54.3 Å². The van der Waals surface area contributed by atoms with Crippen LogP contribution in [-0.2, 0) is 26.4 Å². The number of halogens is 2. The van der Waals surface area contributed by atoms with E-state index in [-0.39, 0.29) is 43.4 Å². The monoisotopic (exact) mass is 876 g/mol. The second kappa shape index (κ2) is 18.1. The van der Waals surface area contributed by atoms with E-state index in [1.54, 1.807) is 6.92 Å². The van der Waals surface area contributed by atoms with E-state index in [9.17, 15) is 39.5 Å². The van der Waals surface area contributed by atoms with Crippen LogP contribution in [0.15, 0.2) is 90.5 Å². The number of carboxylic acids is 1. The number of aliphatic carboxylic acids is 1. The molecule has 18 nitrogen and oxygen atoms in total. The number of aliphatic hydroxyl groups is 4. The number of rotatable bonds is 14. The molecule has 0 spiro atoms. The number of nitrogens with zero attached hydrogens (tertiary/aromatic N) is 8. The zero-order valence-corrected chi connectivity index (χ0v) is 34.6. The van der Waals surface area contributed by atoms with Crippen LogP contribution in [0.3, 0.4) is 0 Å². The predicted molar refractivity (Wildman–Crippen MR) is 217 cm³/mol. The standard InChI is InChI=1S/C43H50F2N8O10/c1-3-35(26(2)54)53-42(60)52(24-47-53)31-7-5-29(6-8-31)48-14-16-49(17-15-48)30-9-11-32(12-10-30)61-20-27-19-43(62-21-27,33-13-4-28(44)18-34(33)45)22-51-25-50(23-46-51)40-38(57)36(55)37(56)39(63-40)41(58)59/h4-13,18,23-27,35-40,54-57H,3,14-17,19-22H2,1-2H3/t26-,27+,35-,36-,37-,38+,39-,40+,43-/m0/s1. The Morgan fingerprint density at radius 3 is 2.22 bits per heavy atom. The molecule has 9 atom stereocenters. The third-order valence-electron chi connectivity index (χ3n) is 12.2. The van der Waals surface area contributed by atoms with Crippen LogP contribution in [0.2, 0.25) is 0 Å². The molecule has 3 aromatic carbocycles. The highest BCUT2D eigenvalue weighted by molar-refractivity contribution is 5.71. The minimum atomic E-state index is -1.93. The molecule has 20 heteroatoms. The molecular weight excluding hydrogens is 827 g/mol. The number of carbonyl (C=O) groups is 1. The Bertz CT molecular complexity index is 2420. The number of piperazine rings is 1. The van der Waals surface area contributed by atoms with Crippen LogP contribution in [0.25, 0.3) is 5.69 Å². The molecule has 4 N–H and O–H groups in total. The fraction of sp³-hybridized carbons (Fsp3) is 0.465. The molecule has 0 unspecified atom stereocenters. The summed E-state index contributed by atoms with van der Waals surface area (Å²) in [5, 5.41) is 61.1. The summed E-state index contributed by atoms with van der Waals surface area (Å²) in [6, 6.07) is 18.4. The number of benzene rings is 3. The molecule has 3 saturated heterocycles. The molecule has 0 saturated carbocycles. The summed E-state index contributed by atoms with van der Waals surface area (Å²) in [5.41, 5.74) is 1.23. The van der Waals surface area contributed by atoms with E-state index in [1.165, 1.54) is 43.5 Å². The lowest BCUT2D eigenvalue weighted by molar-refractivity contribution is -0.778. The average molecular weight is 877 g/mol. The second-order valence-electron chi connectivity index (χ2n) is 16.4. The fourth-order valence-corrected chi connectivity index (χ4v) is 8.78. The maximum Gasteiger partial charge on any atom is 0.350 e. The molecule has 3 fully saturated rings. The zero-order valence-electron chi connectivity index (χ0n) is 34.6. The first kappa shape index (κ1) is 43.9. The van der Waals surface area contributed by atoms with E-state index < -0.39 is 66.0 Å². The van der Waals surface area contributed by atoms with Crippen molar-refractivity contribution < 1.29 is 57.9 Å². The van der Waals surface area contributed by atoms with Gasteiger partial charge in [-0.3, -0.25) is 0 Å². The summed E-state index contributed by atoms with van der Waals surface area (Å²) < 4.78 is 52.7. The van der Waals surface area contributed by atoms with E-state index in [1.807, 2.05) is 55.5 Å². The van der Waals surface area contributed by atoms with Gasteiger partial charge in [0.15, 0.2) is 0 Å². The summed E-state index contributed by atoms with van der Waals surface area (Å²) in [7, 11) is 0. The molecule has 8 rings (SSSR count). The van der Waals surface area contributed by atoms with Gasteiger partial charge in [-0.15, -0.1) is 4.68 Å². The van der Waals surface area contributed by atoms with Crippen molar-refractivity contribution in [3.63, 3.8) is 0 Å². The lowest BCUT2D eigenvalue weighted by Gasteiger charge is -2.39. The van der Waals surface area contributed by atoms with Crippen molar-refractivity contribution in [3.05, 3.63) is 113 Å². The molecule has 0 radical (unpaired) electrons. The number of hydrogen-bond donors (Lipinski definition) is 4. The van der Waals surface area contributed by atoms with Gasteiger partial charge in [0.25, 0.3) is 6.33 Å². The van der Waals surface area contributed by atoms with Gasteiger partial charge >= 0.3 is 5.69 Å². The number of ether oxygens (including phenoxy) is 3. The van der Waals surface area contributed by atoms with Crippen LogP contribution in [0.1, 0.15) is 44.5 Å². The highest BCUT2D eigenvalue weighted by Crippen LogP contribution is 2.42. The maximum absolute atomic E-state index is 15.4. The minimum Gasteiger partial charge on any atom is -0.547 e. The molecule has 0 bridgehead atoms. The Labute approximate surface area is 360 Å². The minimum absolute atomic E-state index is 0.0803. The quantitative estimate of drug-likeness (QED) is 0.110. The molecule has 5 heterocycles. The Hall–Kier alpha value is -5.77. The summed E-state index contributed by atoms with van der Waals surface area (Å²) in [5.74, 6) is -2.94. The van der Waals surface area contributed by atoms with Crippen molar-refractivity contribution in [2.75, 3.05) is 49.2 Å². The number of carbonyl (C=O) groups excluding carboxylic acids is 1. The van der Waals surface area contributed by atoms with E-state index >= 15 is 4.39 Å². The molecule has 0 amide bonds. The average Bonchev–Trinajstić information content (AvgIpc) is 4.02. The first-order valence-corrected chi connectivity index (χ1v) is 20.9. The van der Waals surface area contributed by atoms with Crippen LogP contribution in [0, 0.1) is 17.6 Å². The van der Waals surface area contributed by atoms with Gasteiger partial charge in [-0.2, -0.15) is 5.10 Å². The van der Waals surface area contributed by atoms with E-state index in [0.717, 1.165) is 49.7 Å². The van der Waals surface area contributed by atoms with E-state index in [0.29, 0.717) is 17.9 Å². The molecule has 5 aromatic rings. The van der Waals surface area contributed by atoms with Crippen LogP contribution in [-0.4, -0.2) is 120 Å². The normalized spacial score (nSPS) is 26.2. The zero-order chi connectivity index (χ0) is 44.6. The topological polar surface area (TPSA) is 217 Å². The molecule has 0 aliphatic carbocycles. The first-order valence-electron chi connectivity index (χ1n) is 20.9. The number of hydrogen-bond acceptors (Lipinski definition) is 14. The Morgan fingerprint density at radius 1 is 0.952 bits per heavy atom. The highest BCUT2D eigenvalue weighted by atomic mass is 19.1. The summed E-state index contributed by atoms with van der Waals surface area (Å²) in [4.78, 5) is 29.2. The summed E-state index contributed by atoms with van der Waals surface area (Å²) in [6.07, 6.45) is -4.72. The maximum atomic E-state index is 15.4. The Kier molecular flexibility index (Phi) is 12.6. The van der Waals surface area contributed by atoms with Gasteiger partial charge in [-0.25, -0.2) is 27.4 Å². The van der Waals surface area contributed by atoms with E-state index in [2.05, 4.69) is 20.0 Å². The van der Waals surface area contributed by atoms with Gasteiger partial charge in [-0.05, 0) is 74.4 Å². The van der Waals surface area contributed by atoms with Crippen LogP contribution in [0.4, 0.5) is 20.2 Å². The molecule has 336 valence electrons. The summed E-state index contributed by atoms with van der Waals surface area (Å²) in [6.45, 7) is 7.01. The van der Waals surface area contributed by atoms with Crippen LogP contribution < -0.4 is 29.9 Å². The number of anilines is 2. The highest BCUT2D eigenvalue weighted by Gasteiger charge is 2.49.